The third-order valence-electron chi connectivity index (χ3n) is 17.6. The van der Waals surface area contributed by atoms with Crippen LogP contribution in [0.2, 0.25) is 0 Å². The molecule has 0 saturated carbocycles. The molecule has 6 N–H and O–H groups in total. The number of nitrogens with two attached hydrogens (primary N) is 3. The van der Waals surface area contributed by atoms with Gasteiger partial charge in [-0.1, -0.05) is 74.3 Å². The molecule has 12 aromatic rings. The van der Waals surface area contributed by atoms with Gasteiger partial charge in [0.2, 0.25) is 17.7 Å². The number of amides is 3. The van der Waals surface area contributed by atoms with Gasteiger partial charge in [0.25, 0.3) is 0 Å². The Hall–Kier alpha value is -12.6. The number of hydrogen-bond acceptors (Lipinski definition) is 18. The van der Waals surface area contributed by atoms with Crippen molar-refractivity contribution in [1.29, 1.82) is 0 Å². The number of piperidine rings is 3. The number of likely N-dealkylation sites (tertiary alicyclic amines) is 3. The summed E-state index contributed by atoms with van der Waals surface area (Å²) in [6, 6.07) is 52.0. The SMILES string of the molecule is C=CC(=O)N1CCC[C@@H](n2nc(-c3ccc(Oc4ccccc4)cc3)c3c(N)ncnc32)C1.C=CC(=O)N1CCC[C@@H](n2nc(-c3ccc(Oc4ccccc4)cc3)c3c(N)ncnc32)C1.C=CC(=O)N1CCC[C@@H](n2nc(-c3ccc(Oc4ccccc4)cc3)c3c(N)ncnc32)C1. The van der Waals surface area contributed by atoms with Crippen LogP contribution in [0.4, 0.5) is 17.5 Å². The molecular weight excluding hydrogens is 1250 g/mol. The largest absolute Gasteiger partial charge is 0.457 e. The van der Waals surface area contributed by atoms with E-state index >= 15 is 0 Å². The Morgan fingerprint density at radius 2 is 0.616 bits per heavy atom. The average Bonchev–Trinajstić information content (AvgIpc) is 1.63. The van der Waals surface area contributed by atoms with Crippen LogP contribution < -0.4 is 31.4 Å². The maximum absolute atomic E-state index is 12.2. The van der Waals surface area contributed by atoms with Crippen LogP contribution in [-0.2, 0) is 14.4 Å². The summed E-state index contributed by atoms with van der Waals surface area (Å²) in [5.41, 5.74) is 25.6. The van der Waals surface area contributed by atoms with Crippen LogP contribution in [0.15, 0.2) is 221 Å². The minimum atomic E-state index is -0.0699. The van der Waals surface area contributed by atoms with Gasteiger partial charge >= 0.3 is 0 Å². The predicted octanol–water partition coefficient (Wildman–Crippen LogP) is 12.7. The number of ether oxygens (including phenoxy) is 3. The van der Waals surface area contributed by atoms with E-state index in [1.165, 1.54) is 37.2 Å². The summed E-state index contributed by atoms with van der Waals surface area (Å²) in [7, 11) is 0. The number of aromatic nitrogens is 12. The van der Waals surface area contributed by atoms with Gasteiger partial charge in [-0.05, 0) is 166 Å². The summed E-state index contributed by atoms with van der Waals surface area (Å²) >= 11 is 0. The number of nitrogens with zero attached hydrogens (tertiary/aromatic N) is 15. The van der Waals surface area contributed by atoms with Gasteiger partial charge in [-0.2, -0.15) is 15.3 Å². The Morgan fingerprint density at radius 3 is 0.869 bits per heavy atom. The molecule has 3 aliphatic rings. The minimum absolute atomic E-state index is 0.00566. The molecule has 0 bridgehead atoms. The lowest BCUT2D eigenvalue weighted by atomic mass is 10.1. The standard InChI is InChI=1S/3C25H24N6O2/c3*1-2-21(32)30-14-6-7-18(15-30)31-25-22(24(26)27-16-28-25)23(29-31)17-10-12-20(13-11-17)33-19-8-4-3-5-9-19/h3*2-5,8-13,16,18H,1,6-7,14-15H2,(H2,26,27,28)/t3*18-/m111/s1. The van der Waals surface area contributed by atoms with Crippen molar-refractivity contribution < 1.29 is 28.6 Å². The number of nitrogen functional groups attached to an aromatic ring is 3. The molecule has 3 saturated heterocycles. The van der Waals surface area contributed by atoms with E-state index in [1.807, 2.05) is 178 Å². The lowest BCUT2D eigenvalue weighted by Gasteiger charge is -2.32. The lowest BCUT2D eigenvalue weighted by molar-refractivity contribution is -0.128. The summed E-state index contributed by atoms with van der Waals surface area (Å²) in [5, 5.41) is 16.8. The maximum Gasteiger partial charge on any atom is 0.246 e. The van der Waals surface area contributed by atoms with E-state index in [9.17, 15) is 14.4 Å². The molecule has 0 radical (unpaired) electrons. The predicted molar refractivity (Wildman–Crippen MR) is 380 cm³/mol. The third-order valence-corrected chi connectivity index (χ3v) is 17.6. The van der Waals surface area contributed by atoms with E-state index in [-0.39, 0.29) is 35.8 Å². The average molecular weight is 1320 g/mol. The highest BCUT2D eigenvalue weighted by molar-refractivity contribution is 6.00. The van der Waals surface area contributed by atoms with Crippen molar-refractivity contribution in [3.8, 4) is 68.3 Å². The van der Waals surface area contributed by atoms with Gasteiger partial charge in [0.05, 0.1) is 34.3 Å². The Balaban J connectivity index is 0.000000133. The number of fused-ring (bicyclic) bond motifs is 3. The van der Waals surface area contributed by atoms with Gasteiger partial charge in [0, 0.05) is 56.0 Å². The van der Waals surface area contributed by atoms with Gasteiger partial charge in [0.15, 0.2) is 16.9 Å². The molecule has 99 heavy (non-hydrogen) atoms. The first kappa shape index (κ1) is 65.1. The number of rotatable bonds is 15. The lowest BCUT2D eigenvalue weighted by Crippen LogP contribution is -2.40. The van der Waals surface area contributed by atoms with Crippen LogP contribution in [0, 0.1) is 0 Å². The van der Waals surface area contributed by atoms with E-state index in [0.29, 0.717) is 107 Å². The monoisotopic (exact) mass is 1320 g/mol. The van der Waals surface area contributed by atoms with E-state index in [2.05, 4.69) is 49.6 Å². The van der Waals surface area contributed by atoms with Crippen molar-refractivity contribution >= 4 is 68.3 Å². The Kier molecular flexibility index (Phi) is 19.4. The van der Waals surface area contributed by atoms with Gasteiger partial charge in [-0.3, -0.25) is 14.4 Å². The van der Waals surface area contributed by atoms with Crippen molar-refractivity contribution in [2.75, 3.05) is 56.5 Å². The fraction of sp³-hybridized carbons (Fsp3) is 0.200. The topological polar surface area (TPSA) is 297 Å². The molecule has 0 aliphatic carbocycles. The number of carbonyl (C=O) groups excluding carboxylic acids is 3. The second kappa shape index (κ2) is 29.6. The first-order valence-corrected chi connectivity index (χ1v) is 32.6. The van der Waals surface area contributed by atoms with Crippen molar-refractivity contribution in [3.63, 3.8) is 0 Å². The summed E-state index contributed by atoms with van der Waals surface area (Å²) in [6.45, 7) is 14.6. The number of anilines is 3. The van der Waals surface area contributed by atoms with Gasteiger partial charge in [-0.15, -0.1) is 0 Å². The molecule has 498 valence electrons. The molecular formula is C75H72N18O6. The smallest absolute Gasteiger partial charge is 0.246 e. The number of carbonyl (C=O) groups is 3. The fourth-order valence-electron chi connectivity index (χ4n) is 12.7. The van der Waals surface area contributed by atoms with E-state index in [0.717, 1.165) is 89.7 Å². The second-order valence-corrected chi connectivity index (χ2v) is 23.9. The molecule has 6 aromatic carbocycles. The molecule has 9 heterocycles. The van der Waals surface area contributed by atoms with Crippen LogP contribution in [-0.4, -0.2) is 131 Å². The van der Waals surface area contributed by atoms with Crippen LogP contribution in [0.1, 0.15) is 56.7 Å². The fourth-order valence-corrected chi connectivity index (χ4v) is 12.7. The Bertz CT molecular complexity index is 4390. The zero-order chi connectivity index (χ0) is 68.4. The van der Waals surface area contributed by atoms with E-state index < -0.39 is 0 Å². The zero-order valence-electron chi connectivity index (χ0n) is 54.3. The van der Waals surface area contributed by atoms with Crippen molar-refractivity contribution in [2.24, 2.45) is 0 Å². The molecule has 3 amide bonds. The van der Waals surface area contributed by atoms with Crippen molar-refractivity contribution in [3.05, 3.63) is 221 Å². The first-order valence-electron chi connectivity index (χ1n) is 32.6. The van der Waals surface area contributed by atoms with Gasteiger partial charge in [0.1, 0.15) is 88.0 Å². The summed E-state index contributed by atoms with van der Waals surface area (Å²) in [6.07, 6.45) is 13.7. The molecule has 3 fully saturated rings. The summed E-state index contributed by atoms with van der Waals surface area (Å²) < 4.78 is 23.4. The van der Waals surface area contributed by atoms with Crippen LogP contribution in [0.5, 0.6) is 34.5 Å². The molecule has 3 aliphatic heterocycles. The Labute approximate surface area is 570 Å². The van der Waals surface area contributed by atoms with Gasteiger partial charge in [-0.25, -0.2) is 43.9 Å². The van der Waals surface area contributed by atoms with Gasteiger partial charge < -0.3 is 46.1 Å². The van der Waals surface area contributed by atoms with Crippen LogP contribution >= 0.6 is 0 Å². The molecule has 0 spiro atoms. The molecule has 24 heteroatoms. The summed E-state index contributed by atoms with van der Waals surface area (Å²) in [5.74, 6) is 5.41. The highest BCUT2D eigenvalue weighted by Crippen LogP contribution is 2.39. The molecule has 15 rings (SSSR count). The molecule has 3 atom stereocenters. The minimum Gasteiger partial charge on any atom is -0.457 e. The van der Waals surface area contributed by atoms with Crippen molar-refractivity contribution in [2.45, 2.75) is 56.7 Å². The summed E-state index contributed by atoms with van der Waals surface area (Å²) in [4.78, 5) is 68.0. The van der Waals surface area contributed by atoms with E-state index in [1.54, 1.807) is 14.7 Å². The zero-order valence-corrected chi connectivity index (χ0v) is 54.3. The van der Waals surface area contributed by atoms with Crippen molar-refractivity contribution in [1.82, 2.24) is 73.9 Å². The van der Waals surface area contributed by atoms with Crippen LogP contribution in [0.3, 0.4) is 0 Å². The number of benzene rings is 6. The first-order chi connectivity index (χ1) is 48.4. The highest BCUT2D eigenvalue weighted by atomic mass is 16.5. The second-order valence-electron chi connectivity index (χ2n) is 23.9. The van der Waals surface area contributed by atoms with E-state index in [4.69, 9.17) is 46.7 Å². The Morgan fingerprint density at radius 1 is 0.364 bits per heavy atom. The third kappa shape index (κ3) is 14.4. The number of hydrogen-bond donors (Lipinski definition) is 3. The quantitative estimate of drug-likeness (QED) is 0.0803. The molecule has 24 nitrogen and oxygen atoms in total. The molecule has 0 unspecified atom stereocenters. The number of para-hydroxylation sites is 3. The normalized spacial score (nSPS) is 16.0. The highest BCUT2D eigenvalue weighted by Gasteiger charge is 2.32. The maximum atomic E-state index is 12.2. The molecule has 6 aromatic heterocycles. The van der Waals surface area contributed by atoms with Crippen LogP contribution in [0.25, 0.3) is 66.9 Å².